The first kappa shape index (κ1) is 14.6. The molecule has 0 saturated carbocycles. The normalized spacial score (nSPS) is 11.4. The maximum absolute atomic E-state index is 10.6. The number of benzene rings is 1. The standard InChI is InChI=1S/C15H22O3/c1-10-8-11(2)14(12(3)9-10)18-15(4,5)7-6-13(16)17/h8-9H,6-7H2,1-5H3,(H,16,17). The molecule has 18 heavy (non-hydrogen) atoms. The molecule has 0 aromatic heterocycles. The molecule has 1 aromatic carbocycles. The molecule has 1 rings (SSSR count). The smallest absolute Gasteiger partial charge is 0.303 e. The average Bonchev–Trinajstić information content (AvgIpc) is 2.21. The molecule has 3 nitrogen and oxygen atoms in total. The van der Waals surface area contributed by atoms with Gasteiger partial charge in [0.15, 0.2) is 0 Å². The van der Waals surface area contributed by atoms with Crippen LogP contribution < -0.4 is 4.74 Å². The third-order valence-electron chi connectivity index (χ3n) is 2.92. The molecule has 0 spiro atoms. The Balaban J connectivity index is 2.86. The van der Waals surface area contributed by atoms with E-state index in [2.05, 4.69) is 19.1 Å². The van der Waals surface area contributed by atoms with E-state index in [0.717, 1.165) is 16.9 Å². The van der Waals surface area contributed by atoms with Gasteiger partial charge in [0.25, 0.3) is 0 Å². The molecule has 0 saturated heterocycles. The van der Waals surface area contributed by atoms with Crippen LogP contribution in [0.15, 0.2) is 12.1 Å². The fourth-order valence-electron chi connectivity index (χ4n) is 2.06. The van der Waals surface area contributed by atoms with Crippen LogP contribution in [0.25, 0.3) is 0 Å². The molecule has 0 bridgehead atoms. The fraction of sp³-hybridized carbons (Fsp3) is 0.533. The third-order valence-corrected chi connectivity index (χ3v) is 2.92. The zero-order valence-corrected chi connectivity index (χ0v) is 11.8. The maximum Gasteiger partial charge on any atom is 0.303 e. The summed E-state index contributed by atoms with van der Waals surface area (Å²) in [6.07, 6.45) is 0.617. The lowest BCUT2D eigenvalue weighted by molar-refractivity contribution is -0.138. The quantitative estimate of drug-likeness (QED) is 0.868. The van der Waals surface area contributed by atoms with Gasteiger partial charge in [-0.15, -0.1) is 0 Å². The van der Waals surface area contributed by atoms with Crippen molar-refractivity contribution >= 4 is 5.97 Å². The van der Waals surface area contributed by atoms with E-state index < -0.39 is 11.6 Å². The first-order valence-corrected chi connectivity index (χ1v) is 6.20. The Kier molecular flexibility index (Phi) is 4.38. The van der Waals surface area contributed by atoms with Gasteiger partial charge in [-0.3, -0.25) is 4.79 Å². The summed E-state index contributed by atoms with van der Waals surface area (Å²) in [5.74, 6) is 0.0833. The Morgan fingerprint density at radius 1 is 1.22 bits per heavy atom. The number of hydrogen-bond donors (Lipinski definition) is 1. The van der Waals surface area contributed by atoms with E-state index in [-0.39, 0.29) is 6.42 Å². The van der Waals surface area contributed by atoms with Crippen LogP contribution in [0.3, 0.4) is 0 Å². The van der Waals surface area contributed by atoms with E-state index in [0.29, 0.717) is 6.42 Å². The summed E-state index contributed by atoms with van der Waals surface area (Å²) >= 11 is 0. The molecule has 0 heterocycles. The first-order valence-electron chi connectivity index (χ1n) is 6.20. The van der Waals surface area contributed by atoms with Gasteiger partial charge in [0.1, 0.15) is 11.4 Å². The van der Waals surface area contributed by atoms with Gasteiger partial charge in [-0.2, -0.15) is 0 Å². The van der Waals surface area contributed by atoms with E-state index in [1.165, 1.54) is 5.56 Å². The molecule has 0 atom stereocenters. The predicted octanol–water partition coefficient (Wildman–Crippen LogP) is 3.63. The molecular weight excluding hydrogens is 228 g/mol. The minimum absolute atomic E-state index is 0.122. The highest BCUT2D eigenvalue weighted by atomic mass is 16.5. The monoisotopic (exact) mass is 250 g/mol. The summed E-state index contributed by atoms with van der Waals surface area (Å²) in [7, 11) is 0. The van der Waals surface area contributed by atoms with Crippen LogP contribution in [0.1, 0.15) is 43.4 Å². The van der Waals surface area contributed by atoms with Gasteiger partial charge in [0.2, 0.25) is 0 Å². The van der Waals surface area contributed by atoms with E-state index in [4.69, 9.17) is 9.84 Å². The van der Waals surface area contributed by atoms with Crippen molar-refractivity contribution in [3.63, 3.8) is 0 Å². The topological polar surface area (TPSA) is 46.5 Å². The van der Waals surface area contributed by atoms with Crippen LogP contribution in [0.2, 0.25) is 0 Å². The van der Waals surface area contributed by atoms with E-state index >= 15 is 0 Å². The summed E-state index contributed by atoms with van der Waals surface area (Å²) in [5.41, 5.74) is 2.93. The SMILES string of the molecule is Cc1cc(C)c(OC(C)(C)CCC(=O)O)c(C)c1. The Morgan fingerprint density at radius 2 is 1.72 bits per heavy atom. The minimum Gasteiger partial charge on any atom is -0.487 e. The number of aliphatic carboxylic acids is 1. The van der Waals surface area contributed by atoms with Crippen molar-refractivity contribution in [2.75, 3.05) is 0 Å². The second kappa shape index (κ2) is 5.42. The minimum atomic E-state index is -0.788. The van der Waals surface area contributed by atoms with Gasteiger partial charge in [-0.1, -0.05) is 17.7 Å². The molecule has 0 radical (unpaired) electrons. The molecule has 0 aliphatic rings. The lowest BCUT2D eigenvalue weighted by Crippen LogP contribution is -2.29. The molecule has 0 aliphatic heterocycles. The summed E-state index contributed by atoms with van der Waals surface area (Å²) in [6, 6.07) is 4.16. The third kappa shape index (κ3) is 4.06. The van der Waals surface area contributed by atoms with Gasteiger partial charge in [0.05, 0.1) is 0 Å². The highest BCUT2D eigenvalue weighted by Gasteiger charge is 2.22. The van der Waals surface area contributed by atoms with E-state index in [1.807, 2.05) is 27.7 Å². The average molecular weight is 250 g/mol. The number of carbonyl (C=O) groups is 1. The molecule has 0 amide bonds. The first-order chi connectivity index (χ1) is 8.21. The zero-order chi connectivity index (χ0) is 13.9. The van der Waals surface area contributed by atoms with Crippen molar-refractivity contribution < 1.29 is 14.6 Å². The molecular formula is C15H22O3. The van der Waals surface area contributed by atoms with Gasteiger partial charge < -0.3 is 9.84 Å². The van der Waals surface area contributed by atoms with Crippen LogP contribution >= 0.6 is 0 Å². The van der Waals surface area contributed by atoms with Gasteiger partial charge in [-0.25, -0.2) is 0 Å². The van der Waals surface area contributed by atoms with Crippen molar-refractivity contribution in [1.82, 2.24) is 0 Å². The summed E-state index contributed by atoms with van der Waals surface area (Å²) in [6.45, 7) is 9.94. The lowest BCUT2D eigenvalue weighted by Gasteiger charge is -2.28. The number of carboxylic acids is 1. The van der Waals surface area contributed by atoms with Crippen molar-refractivity contribution in [2.24, 2.45) is 0 Å². The van der Waals surface area contributed by atoms with Gasteiger partial charge >= 0.3 is 5.97 Å². The Hall–Kier alpha value is -1.51. The highest BCUT2D eigenvalue weighted by molar-refractivity contribution is 5.66. The Bertz CT molecular complexity index is 424. The van der Waals surface area contributed by atoms with E-state index in [9.17, 15) is 4.79 Å². The molecule has 0 aliphatic carbocycles. The van der Waals surface area contributed by atoms with Crippen molar-refractivity contribution in [2.45, 2.75) is 53.1 Å². The second-order valence-corrected chi connectivity index (χ2v) is 5.48. The second-order valence-electron chi connectivity index (χ2n) is 5.48. The van der Waals surface area contributed by atoms with Crippen molar-refractivity contribution in [1.29, 1.82) is 0 Å². The van der Waals surface area contributed by atoms with Crippen LogP contribution in [0, 0.1) is 20.8 Å². The molecule has 0 unspecified atom stereocenters. The summed E-state index contributed by atoms with van der Waals surface area (Å²) in [5, 5.41) is 8.73. The van der Waals surface area contributed by atoms with Crippen LogP contribution in [-0.4, -0.2) is 16.7 Å². The maximum atomic E-state index is 10.6. The summed E-state index contributed by atoms with van der Waals surface area (Å²) in [4.78, 5) is 10.6. The number of ether oxygens (including phenoxy) is 1. The van der Waals surface area contributed by atoms with Crippen LogP contribution in [0.4, 0.5) is 0 Å². The molecule has 1 N–H and O–H groups in total. The van der Waals surface area contributed by atoms with Gasteiger partial charge in [-0.05, 0) is 52.2 Å². The largest absolute Gasteiger partial charge is 0.487 e. The van der Waals surface area contributed by atoms with Gasteiger partial charge in [0, 0.05) is 6.42 Å². The number of aryl methyl sites for hydroxylation is 3. The summed E-state index contributed by atoms with van der Waals surface area (Å²) < 4.78 is 6.01. The molecule has 100 valence electrons. The van der Waals surface area contributed by atoms with Crippen LogP contribution in [-0.2, 0) is 4.79 Å². The van der Waals surface area contributed by atoms with Crippen LogP contribution in [0.5, 0.6) is 5.75 Å². The molecule has 3 heteroatoms. The lowest BCUT2D eigenvalue weighted by atomic mass is 10.0. The number of rotatable bonds is 5. The molecule has 1 aromatic rings. The van der Waals surface area contributed by atoms with Crippen molar-refractivity contribution in [3.05, 3.63) is 28.8 Å². The van der Waals surface area contributed by atoms with Crippen molar-refractivity contribution in [3.8, 4) is 5.75 Å². The fourth-order valence-corrected chi connectivity index (χ4v) is 2.06. The number of carboxylic acid groups (broad SMARTS) is 1. The Labute approximate surface area is 109 Å². The predicted molar refractivity (Wildman–Crippen MR) is 72.2 cm³/mol. The molecule has 0 fully saturated rings. The zero-order valence-electron chi connectivity index (χ0n) is 11.8. The Morgan fingerprint density at radius 3 is 2.17 bits per heavy atom. The number of hydrogen-bond acceptors (Lipinski definition) is 2. The van der Waals surface area contributed by atoms with E-state index in [1.54, 1.807) is 0 Å². The highest BCUT2D eigenvalue weighted by Crippen LogP contribution is 2.29.